The molecule has 3 aromatic rings. The molecule has 0 radical (unpaired) electrons. The highest BCUT2D eigenvalue weighted by Crippen LogP contribution is 2.36. The summed E-state index contributed by atoms with van der Waals surface area (Å²) >= 11 is 0. The van der Waals surface area contributed by atoms with E-state index in [0.717, 1.165) is 16.7 Å². The zero-order valence-corrected chi connectivity index (χ0v) is 18.6. The molecule has 2 amide bonds. The predicted molar refractivity (Wildman–Crippen MR) is 128 cm³/mol. The van der Waals surface area contributed by atoms with Crippen LogP contribution in [0.3, 0.4) is 0 Å². The van der Waals surface area contributed by atoms with Crippen LogP contribution in [-0.2, 0) is 21.6 Å². The Morgan fingerprint density at radius 1 is 0.788 bits per heavy atom. The number of rotatable bonds is 11. The summed E-state index contributed by atoms with van der Waals surface area (Å²) in [5, 5.41) is 15.0. The number of hydrogen-bond acceptors (Lipinski definition) is 4. The van der Waals surface area contributed by atoms with Crippen LogP contribution in [0.2, 0.25) is 0 Å². The van der Waals surface area contributed by atoms with E-state index in [2.05, 4.69) is 10.6 Å². The van der Waals surface area contributed by atoms with Gasteiger partial charge in [-0.15, -0.1) is 0 Å². The summed E-state index contributed by atoms with van der Waals surface area (Å²) in [6.45, 7) is 0.346. The third-order valence-electron chi connectivity index (χ3n) is 5.61. The highest BCUT2D eigenvalue weighted by molar-refractivity contribution is 5.82. The van der Waals surface area contributed by atoms with Crippen molar-refractivity contribution in [1.82, 2.24) is 10.6 Å². The second kappa shape index (κ2) is 12.4. The van der Waals surface area contributed by atoms with Crippen molar-refractivity contribution in [3.63, 3.8) is 0 Å². The minimum absolute atomic E-state index is 0.0597. The first-order valence-corrected chi connectivity index (χ1v) is 11.1. The molecule has 0 unspecified atom stereocenters. The topological polar surface area (TPSA) is 87.7 Å². The average molecular weight is 447 g/mol. The maximum atomic E-state index is 12.6. The molecule has 0 fully saturated rings. The SMILES string of the molecule is O=C(CNC(=O)OCc1ccccc1)NCC(CCCO)(c1ccccc1)c1ccccc1. The average Bonchev–Trinajstić information content (AvgIpc) is 2.88. The lowest BCUT2D eigenvalue weighted by Crippen LogP contribution is -2.45. The van der Waals surface area contributed by atoms with Crippen molar-refractivity contribution in [2.45, 2.75) is 24.9 Å². The summed E-state index contributed by atoms with van der Waals surface area (Å²) in [4.78, 5) is 24.5. The summed E-state index contributed by atoms with van der Waals surface area (Å²) in [5.74, 6) is -0.313. The molecule has 172 valence electrons. The van der Waals surface area contributed by atoms with Gasteiger partial charge >= 0.3 is 6.09 Å². The van der Waals surface area contributed by atoms with Crippen molar-refractivity contribution in [2.24, 2.45) is 0 Å². The van der Waals surface area contributed by atoms with Crippen LogP contribution in [0, 0.1) is 0 Å². The number of carbonyl (C=O) groups is 2. The van der Waals surface area contributed by atoms with Crippen LogP contribution in [0.5, 0.6) is 0 Å². The molecule has 0 aromatic heterocycles. The number of aliphatic hydroxyl groups is 1. The minimum Gasteiger partial charge on any atom is -0.445 e. The number of benzene rings is 3. The molecule has 0 aliphatic carbocycles. The molecular formula is C27H30N2O4. The van der Waals surface area contributed by atoms with Crippen molar-refractivity contribution in [1.29, 1.82) is 0 Å². The molecule has 0 spiro atoms. The second-order valence-corrected chi connectivity index (χ2v) is 7.83. The summed E-state index contributed by atoms with van der Waals surface area (Å²) in [7, 11) is 0. The van der Waals surface area contributed by atoms with E-state index >= 15 is 0 Å². The molecule has 33 heavy (non-hydrogen) atoms. The zero-order chi connectivity index (χ0) is 23.4. The second-order valence-electron chi connectivity index (χ2n) is 7.83. The number of nitrogens with one attached hydrogen (secondary N) is 2. The molecular weight excluding hydrogens is 416 g/mol. The van der Waals surface area contributed by atoms with Gasteiger partial charge in [-0.3, -0.25) is 4.79 Å². The molecule has 0 bridgehead atoms. The van der Waals surface area contributed by atoms with Gasteiger partial charge in [-0.1, -0.05) is 91.0 Å². The molecule has 3 rings (SSSR count). The van der Waals surface area contributed by atoms with E-state index in [1.165, 1.54) is 0 Å². The van der Waals surface area contributed by atoms with Crippen LogP contribution < -0.4 is 10.6 Å². The van der Waals surface area contributed by atoms with Gasteiger partial charge in [-0.05, 0) is 29.5 Å². The Morgan fingerprint density at radius 3 is 1.88 bits per heavy atom. The van der Waals surface area contributed by atoms with Gasteiger partial charge in [0, 0.05) is 18.6 Å². The van der Waals surface area contributed by atoms with E-state index in [9.17, 15) is 14.7 Å². The van der Waals surface area contributed by atoms with E-state index in [1.807, 2.05) is 91.0 Å². The maximum Gasteiger partial charge on any atom is 0.407 e. The Morgan fingerprint density at radius 2 is 1.33 bits per heavy atom. The first-order chi connectivity index (χ1) is 16.1. The third-order valence-corrected chi connectivity index (χ3v) is 5.61. The van der Waals surface area contributed by atoms with Gasteiger partial charge in [-0.2, -0.15) is 0 Å². The summed E-state index contributed by atoms with van der Waals surface area (Å²) in [6.07, 6.45) is 0.598. The van der Waals surface area contributed by atoms with Crippen LogP contribution in [-0.4, -0.2) is 36.8 Å². The smallest absolute Gasteiger partial charge is 0.407 e. The minimum atomic E-state index is -0.647. The third kappa shape index (κ3) is 6.92. The first-order valence-electron chi connectivity index (χ1n) is 11.1. The number of ether oxygens (including phenoxy) is 1. The fourth-order valence-electron chi connectivity index (χ4n) is 3.88. The lowest BCUT2D eigenvalue weighted by atomic mass is 9.71. The molecule has 3 aromatic carbocycles. The van der Waals surface area contributed by atoms with E-state index in [-0.39, 0.29) is 25.7 Å². The van der Waals surface area contributed by atoms with Gasteiger partial charge in [0.05, 0.1) is 6.54 Å². The lowest BCUT2D eigenvalue weighted by molar-refractivity contribution is -0.120. The normalized spacial score (nSPS) is 10.9. The maximum absolute atomic E-state index is 12.6. The van der Waals surface area contributed by atoms with Gasteiger partial charge in [0.15, 0.2) is 0 Å². The summed E-state index contributed by atoms with van der Waals surface area (Å²) in [5.41, 5.74) is 2.48. The first kappa shape index (κ1) is 24.0. The molecule has 0 aliphatic rings. The Hall–Kier alpha value is -3.64. The van der Waals surface area contributed by atoms with Crippen LogP contribution in [0.1, 0.15) is 29.5 Å². The van der Waals surface area contributed by atoms with Gasteiger partial charge in [0.25, 0.3) is 0 Å². The monoisotopic (exact) mass is 446 g/mol. The van der Waals surface area contributed by atoms with Gasteiger partial charge < -0.3 is 20.5 Å². The fourth-order valence-corrected chi connectivity index (χ4v) is 3.88. The number of alkyl carbamates (subject to hydrolysis) is 1. The van der Waals surface area contributed by atoms with Gasteiger partial charge in [-0.25, -0.2) is 4.79 Å². The molecule has 3 N–H and O–H groups in total. The van der Waals surface area contributed by atoms with Gasteiger partial charge in [0.1, 0.15) is 6.61 Å². The lowest BCUT2D eigenvalue weighted by Gasteiger charge is -2.35. The number of hydrogen-bond donors (Lipinski definition) is 3. The van der Waals surface area contributed by atoms with Crippen LogP contribution in [0.25, 0.3) is 0 Å². The van der Waals surface area contributed by atoms with E-state index in [4.69, 9.17) is 4.74 Å². The van der Waals surface area contributed by atoms with Crippen LogP contribution >= 0.6 is 0 Å². The largest absolute Gasteiger partial charge is 0.445 e. The van der Waals surface area contributed by atoms with Gasteiger partial charge in [0.2, 0.25) is 5.91 Å². The number of amides is 2. The number of carbonyl (C=O) groups excluding carboxylic acids is 2. The molecule has 0 aliphatic heterocycles. The predicted octanol–water partition coefficient (Wildman–Crippen LogP) is 3.79. The van der Waals surface area contributed by atoms with Crippen molar-refractivity contribution >= 4 is 12.0 Å². The van der Waals surface area contributed by atoms with Crippen molar-refractivity contribution < 1.29 is 19.4 Å². The van der Waals surface area contributed by atoms with Crippen molar-refractivity contribution in [3.05, 3.63) is 108 Å². The highest BCUT2D eigenvalue weighted by atomic mass is 16.5. The Balaban J connectivity index is 1.64. The summed E-state index contributed by atoms with van der Waals surface area (Å²) in [6, 6.07) is 29.3. The van der Waals surface area contributed by atoms with Crippen molar-refractivity contribution in [3.8, 4) is 0 Å². The van der Waals surface area contributed by atoms with E-state index in [1.54, 1.807) is 0 Å². The Labute approximate surface area is 194 Å². The molecule has 6 nitrogen and oxygen atoms in total. The zero-order valence-electron chi connectivity index (χ0n) is 18.6. The molecule has 0 saturated carbocycles. The van der Waals surface area contributed by atoms with Crippen molar-refractivity contribution in [2.75, 3.05) is 19.7 Å². The standard InChI is InChI=1S/C27H30N2O4/c30-18-10-17-27(23-13-6-2-7-14-23,24-15-8-3-9-16-24)21-29-25(31)19-28-26(32)33-20-22-11-4-1-5-12-22/h1-9,11-16,30H,10,17-21H2,(H,28,32)(H,29,31). The number of aliphatic hydroxyl groups excluding tert-OH is 1. The molecule has 0 atom stereocenters. The Kier molecular flexibility index (Phi) is 9.03. The quantitative estimate of drug-likeness (QED) is 0.418. The molecule has 0 saturated heterocycles. The molecule has 0 heterocycles. The molecule has 6 heteroatoms. The summed E-state index contributed by atoms with van der Waals surface area (Å²) < 4.78 is 5.16. The van der Waals surface area contributed by atoms with Crippen LogP contribution in [0.15, 0.2) is 91.0 Å². The van der Waals surface area contributed by atoms with Crippen LogP contribution in [0.4, 0.5) is 4.79 Å². The highest BCUT2D eigenvalue weighted by Gasteiger charge is 2.34. The fraction of sp³-hybridized carbons (Fsp3) is 0.259. The van der Waals surface area contributed by atoms with E-state index < -0.39 is 11.5 Å². The van der Waals surface area contributed by atoms with E-state index in [0.29, 0.717) is 19.4 Å². The Bertz CT molecular complexity index is 955.